The molecule has 1 aromatic heterocycles. The standard InChI is InChI=1S/C18H29N5O2/c1-18(6-4-10-25-18)14-22-17(19-2)21-13-15-5-3-7-20-16(15)23-8-11-24-12-9-23/h3,5,7H,4,6,8-14H2,1-2H3,(H2,19,21,22). The molecule has 2 aliphatic heterocycles. The van der Waals surface area contributed by atoms with E-state index in [2.05, 4.69) is 38.5 Å². The van der Waals surface area contributed by atoms with Crippen LogP contribution in [0.1, 0.15) is 25.3 Å². The Kier molecular flexibility index (Phi) is 6.09. The molecule has 0 spiro atoms. The van der Waals surface area contributed by atoms with E-state index in [1.807, 2.05) is 12.3 Å². The van der Waals surface area contributed by atoms with Crippen LogP contribution in [0.15, 0.2) is 23.3 Å². The Morgan fingerprint density at radius 2 is 2.16 bits per heavy atom. The Morgan fingerprint density at radius 1 is 1.32 bits per heavy atom. The van der Waals surface area contributed by atoms with Crippen LogP contribution in [0.5, 0.6) is 0 Å². The number of morpholine rings is 1. The smallest absolute Gasteiger partial charge is 0.191 e. The quantitative estimate of drug-likeness (QED) is 0.615. The molecule has 25 heavy (non-hydrogen) atoms. The van der Waals surface area contributed by atoms with Gasteiger partial charge in [-0.1, -0.05) is 6.07 Å². The first-order valence-corrected chi connectivity index (χ1v) is 9.05. The van der Waals surface area contributed by atoms with Gasteiger partial charge >= 0.3 is 0 Å². The van der Waals surface area contributed by atoms with Gasteiger partial charge in [0.15, 0.2) is 5.96 Å². The van der Waals surface area contributed by atoms with Gasteiger partial charge in [-0.15, -0.1) is 0 Å². The topological polar surface area (TPSA) is 71.0 Å². The molecule has 0 aliphatic carbocycles. The van der Waals surface area contributed by atoms with Gasteiger partial charge in [-0.05, 0) is 25.8 Å². The Labute approximate surface area is 149 Å². The fourth-order valence-corrected chi connectivity index (χ4v) is 3.27. The minimum Gasteiger partial charge on any atom is -0.378 e. The summed E-state index contributed by atoms with van der Waals surface area (Å²) in [5, 5.41) is 6.77. The molecule has 2 saturated heterocycles. The Bertz CT molecular complexity index is 581. The third-order valence-electron chi connectivity index (χ3n) is 4.78. The predicted octanol–water partition coefficient (Wildman–Crippen LogP) is 1.15. The monoisotopic (exact) mass is 347 g/mol. The molecule has 7 heteroatoms. The van der Waals surface area contributed by atoms with Crippen LogP contribution in [0.4, 0.5) is 5.82 Å². The number of anilines is 1. The average molecular weight is 347 g/mol. The number of rotatable bonds is 5. The number of nitrogens with zero attached hydrogens (tertiary/aromatic N) is 3. The fourth-order valence-electron chi connectivity index (χ4n) is 3.27. The maximum Gasteiger partial charge on any atom is 0.191 e. The molecule has 3 heterocycles. The van der Waals surface area contributed by atoms with Gasteiger partial charge in [-0.2, -0.15) is 0 Å². The van der Waals surface area contributed by atoms with Crippen molar-refractivity contribution in [3.63, 3.8) is 0 Å². The van der Waals surface area contributed by atoms with Crippen molar-refractivity contribution in [2.75, 3.05) is 51.4 Å². The number of aliphatic imine (C=N–C) groups is 1. The van der Waals surface area contributed by atoms with Crippen LogP contribution in [-0.4, -0.2) is 63.0 Å². The number of aromatic nitrogens is 1. The van der Waals surface area contributed by atoms with Crippen molar-refractivity contribution in [2.24, 2.45) is 4.99 Å². The van der Waals surface area contributed by atoms with Gasteiger partial charge in [0.25, 0.3) is 0 Å². The lowest BCUT2D eigenvalue weighted by Crippen LogP contribution is -2.45. The van der Waals surface area contributed by atoms with E-state index in [-0.39, 0.29) is 5.60 Å². The molecule has 0 bridgehead atoms. The summed E-state index contributed by atoms with van der Waals surface area (Å²) in [6, 6.07) is 4.09. The largest absolute Gasteiger partial charge is 0.378 e. The summed E-state index contributed by atoms with van der Waals surface area (Å²) in [6.45, 7) is 7.71. The second-order valence-electron chi connectivity index (χ2n) is 6.77. The molecule has 3 rings (SSSR count). The van der Waals surface area contributed by atoms with E-state index >= 15 is 0 Å². The molecule has 7 nitrogen and oxygen atoms in total. The SMILES string of the molecule is CN=C(NCc1cccnc1N1CCOCC1)NCC1(C)CCCO1. The van der Waals surface area contributed by atoms with Crippen LogP contribution >= 0.6 is 0 Å². The molecule has 2 N–H and O–H groups in total. The second-order valence-corrected chi connectivity index (χ2v) is 6.77. The van der Waals surface area contributed by atoms with Crippen LogP contribution in [0, 0.1) is 0 Å². The number of hydrogen-bond donors (Lipinski definition) is 2. The highest BCUT2D eigenvalue weighted by Gasteiger charge is 2.29. The zero-order valence-corrected chi connectivity index (χ0v) is 15.3. The molecule has 1 aromatic rings. The highest BCUT2D eigenvalue weighted by Crippen LogP contribution is 2.23. The van der Waals surface area contributed by atoms with Gasteiger partial charge in [0.2, 0.25) is 0 Å². The second kappa shape index (κ2) is 8.49. The molecule has 138 valence electrons. The van der Waals surface area contributed by atoms with E-state index in [0.29, 0.717) is 6.54 Å². The summed E-state index contributed by atoms with van der Waals surface area (Å²) in [7, 11) is 1.79. The molecule has 1 atom stereocenters. The van der Waals surface area contributed by atoms with Gasteiger partial charge in [-0.25, -0.2) is 4.98 Å². The Morgan fingerprint density at radius 3 is 2.88 bits per heavy atom. The minimum absolute atomic E-state index is 0.0924. The summed E-state index contributed by atoms with van der Waals surface area (Å²) < 4.78 is 11.3. The van der Waals surface area contributed by atoms with E-state index in [4.69, 9.17) is 9.47 Å². The molecule has 0 radical (unpaired) electrons. The third-order valence-corrected chi connectivity index (χ3v) is 4.78. The summed E-state index contributed by atoms with van der Waals surface area (Å²) in [5.74, 6) is 1.81. The molecular weight excluding hydrogens is 318 g/mol. The average Bonchev–Trinajstić information content (AvgIpc) is 3.10. The van der Waals surface area contributed by atoms with Crippen molar-refractivity contribution in [1.29, 1.82) is 0 Å². The summed E-state index contributed by atoms with van der Waals surface area (Å²) >= 11 is 0. The summed E-state index contributed by atoms with van der Waals surface area (Å²) in [6.07, 6.45) is 4.06. The molecule has 2 aliphatic rings. The molecular formula is C18H29N5O2. The zero-order valence-electron chi connectivity index (χ0n) is 15.3. The Hall–Kier alpha value is -1.86. The summed E-state index contributed by atoms with van der Waals surface area (Å²) in [5.41, 5.74) is 1.07. The lowest BCUT2D eigenvalue weighted by Gasteiger charge is -2.29. The number of guanidine groups is 1. The van der Waals surface area contributed by atoms with Crippen molar-refractivity contribution in [1.82, 2.24) is 15.6 Å². The van der Waals surface area contributed by atoms with E-state index in [9.17, 15) is 0 Å². The fraction of sp³-hybridized carbons (Fsp3) is 0.667. The highest BCUT2D eigenvalue weighted by molar-refractivity contribution is 5.79. The maximum absolute atomic E-state index is 5.82. The van der Waals surface area contributed by atoms with E-state index in [1.165, 1.54) is 0 Å². The minimum atomic E-state index is -0.0924. The van der Waals surface area contributed by atoms with Crippen molar-refractivity contribution in [2.45, 2.75) is 31.9 Å². The van der Waals surface area contributed by atoms with Crippen LogP contribution < -0.4 is 15.5 Å². The van der Waals surface area contributed by atoms with Gasteiger partial charge in [0.05, 0.1) is 18.8 Å². The first kappa shape index (κ1) is 17.9. The van der Waals surface area contributed by atoms with Crippen molar-refractivity contribution < 1.29 is 9.47 Å². The number of hydrogen-bond acceptors (Lipinski definition) is 5. The van der Waals surface area contributed by atoms with Crippen LogP contribution in [0.2, 0.25) is 0 Å². The number of ether oxygens (including phenoxy) is 2. The van der Waals surface area contributed by atoms with E-state index in [1.54, 1.807) is 7.05 Å². The van der Waals surface area contributed by atoms with Gasteiger partial charge < -0.3 is 25.0 Å². The first-order chi connectivity index (χ1) is 12.2. The third kappa shape index (κ3) is 4.83. The Balaban J connectivity index is 1.56. The lowest BCUT2D eigenvalue weighted by molar-refractivity contribution is 0.0243. The molecule has 0 saturated carbocycles. The number of pyridine rings is 1. The van der Waals surface area contributed by atoms with Gasteiger partial charge in [0, 0.05) is 51.6 Å². The summed E-state index contributed by atoms with van der Waals surface area (Å²) in [4.78, 5) is 11.2. The van der Waals surface area contributed by atoms with Crippen molar-refractivity contribution in [3.8, 4) is 0 Å². The zero-order chi connectivity index (χ0) is 17.5. The van der Waals surface area contributed by atoms with E-state index in [0.717, 1.165) is 69.6 Å². The highest BCUT2D eigenvalue weighted by atomic mass is 16.5. The molecule has 0 amide bonds. The van der Waals surface area contributed by atoms with E-state index < -0.39 is 0 Å². The van der Waals surface area contributed by atoms with Crippen LogP contribution in [0.3, 0.4) is 0 Å². The molecule has 2 fully saturated rings. The van der Waals surface area contributed by atoms with Crippen molar-refractivity contribution >= 4 is 11.8 Å². The van der Waals surface area contributed by atoms with Crippen molar-refractivity contribution in [3.05, 3.63) is 23.9 Å². The van der Waals surface area contributed by atoms with Gasteiger partial charge in [0.1, 0.15) is 5.82 Å². The lowest BCUT2D eigenvalue weighted by atomic mass is 10.0. The van der Waals surface area contributed by atoms with Gasteiger partial charge in [-0.3, -0.25) is 4.99 Å². The maximum atomic E-state index is 5.82. The molecule has 0 aromatic carbocycles. The molecule has 1 unspecified atom stereocenters. The first-order valence-electron chi connectivity index (χ1n) is 9.05. The predicted molar refractivity (Wildman–Crippen MR) is 99.1 cm³/mol. The van der Waals surface area contributed by atoms with Crippen LogP contribution in [-0.2, 0) is 16.0 Å². The van der Waals surface area contributed by atoms with Crippen LogP contribution in [0.25, 0.3) is 0 Å². The normalized spacial score (nSPS) is 24.4. The number of nitrogens with one attached hydrogen (secondary N) is 2.